The Labute approximate surface area is 134 Å². The van der Waals surface area contributed by atoms with Gasteiger partial charge in [-0.25, -0.2) is 0 Å². The third-order valence-corrected chi connectivity index (χ3v) is 4.10. The van der Waals surface area contributed by atoms with Gasteiger partial charge in [0.15, 0.2) is 5.76 Å². The van der Waals surface area contributed by atoms with Crippen molar-refractivity contribution in [3.63, 3.8) is 0 Å². The molecule has 0 bridgehead atoms. The summed E-state index contributed by atoms with van der Waals surface area (Å²) in [5.74, 6) is 0.884. The van der Waals surface area contributed by atoms with Gasteiger partial charge in [-0.05, 0) is 6.92 Å². The number of aromatic nitrogens is 1. The molecule has 0 spiro atoms. The monoisotopic (exact) mass is 316 g/mol. The summed E-state index contributed by atoms with van der Waals surface area (Å²) in [5, 5.41) is 15.0. The number of nitrogens with zero attached hydrogens (tertiary/aromatic N) is 4. The summed E-state index contributed by atoms with van der Waals surface area (Å²) in [5.41, 5.74) is 1.87. The van der Waals surface area contributed by atoms with Crippen molar-refractivity contribution in [3.8, 4) is 0 Å². The summed E-state index contributed by atoms with van der Waals surface area (Å²) in [6, 6.07) is 8.92. The van der Waals surface area contributed by atoms with E-state index in [0.717, 1.165) is 49.7 Å². The lowest BCUT2D eigenvalue weighted by atomic mass is 10.1. The standard InChI is InChI=1S/C16H20N4O3/c1-13-10-15(23-17-13)12-19-8-6-18(7-9-19)11-14-4-2-3-5-16(14)20(21)22/h2-5,10H,6-9,11-12H2,1H3. The SMILES string of the molecule is Cc1cc(CN2CCN(Cc3ccccc3[N+](=O)[O-])CC2)on1. The van der Waals surface area contributed by atoms with Crippen molar-refractivity contribution < 1.29 is 9.45 Å². The molecule has 0 atom stereocenters. The Balaban J connectivity index is 1.54. The van der Waals surface area contributed by atoms with E-state index >= 15 is 0 Å². The molecule has 122 valence electrons. The lowest BCUT2D eigenvalue weighted by Crippen LogP contribution is -2.45. The van der Waals surface area contributed by atoms with Crippen LogP contribution in [-0.4, -0.2) is 46.1 Å². The summed E-state index contributed by atoms with van der Waals surface area (Å²) in [7, 11) is 0. The van der Waals surface area contributed by atoms with Crippen molar-refractivity contribution in [1.82, 2.24) is 15.0 Å². The molecule has 0 amide bonds. The molecule has 1 aromatic carbocycles. The Hall–Kier alpha value is -2.25. The number of hydrogen-bond donors (Lipinski definition) is 0. The normalized spacial score (nSPS) is 16.6. The summed E-state index contributed by atoms with van der Waals surface area (Å²) >= 11 is 0. The molecule has 7 nitrogen and oxygen atoms in total. The molecule has 1 aliphatic rings. The van der Waals surface area contributed by atoms with Crippen LogP contribution in [0.3, 0.4) is 0 Å². The van der Waals surface area contributed by atoms with Crippen LogP contribution in [0.4, 0.5) is 5.69 Å². The van der Waals surface area contributed by atoms with Gasteiger partial charge in [0.1, 0.15) is 0 Å². The van der Waals surface area contributed by atoms with E-state index in [1.807, 2.05) is 25.1 Å². The van der Waals surface area contributed by atoms with Gasteiger partial charge < -0.3 is 4.52 Å². The zero-order valence-electron chi connectivity index (χ0n) is 13.1. The first-order chi connectivity index (χ1) is 11.1. The predicted octanol–water partition coefficient (Wildman–Crippen LogP) is 2.21. The van der Waals surface area contributed by atoms with Crippen LogP contribution in [0.2, 0.25) is 0 Å². The summed E-state index contributed by atoms with van der Waals surface area (Å²) in [4.78, 5) is 15.3. The molecule has 2 aromatic rings. The minimum absolute atomic E-state index is 0.201. The number of aryl methyl sites for hydroxylation is 1. The Morgan fingerprint density at radius 2 is 1.83 bits per heavy atom. The molecule has 0 aliphatic carbocycles. The number of piperazine rings is 1. The molecule has 0 N–H and O–H groups in total. The summed E-state index contributed by atoms with van der Waals surface area (Å²) < 4.78 is 5.25. The first kappa shape index (κ1) is 15.6. The van der Waals surface area contributed by atoms with Crippen LogP contribution in [0, 0.1) is 17.0 Å². The van der Waals surface area contributed by atoms with E-state index in [9.17, 15) is 10.1 Å². The van der Waals surface area contributed by atoms with Crippen molar-refractivity contribution in [1.29, 1.82) is 0 Å². The molecule has 1 aromatic heterocycles. The zero-order valence-corrected chi connectivity index (χ0v) is 13.1. The van der Waals surface area contributed by atoms with E-state index in [-0.39, 0.29) is 10.6 Å². The minimum atomic E-state index is -0.308. The Morgan fingerprint density at radius 1 is 1.17 bits per heavy atom. The van der Waals surface area contributed by atoms with E-state index in [1.165, 1.54) is 0 Å². The maximum atomic E-state index is 11.1. The largest absolute Gasteiger partial charge is 0.360 e. The zero-order chi connectivity index (χ0) is 16.2. The fourth-order valence-corrected chi connectivity index (χ4v) is 2.88. The number of para-hydroxylation sites is 1. The number of nitro benzene ring substituents is 1. The molecule has 0 unspecified atom stereocenters. The Bertz CT molecular complexity index is 677. The van der Waals surface area contributed by atoms with Crippen LogP contribution in [0.15, 0.2) is 34.9 Å². The van der Waals surface area contributed by atoms with E-state index < -0.39 is 0 Å². The molecule has 7 heteroatoms. The smallest absolute Gasteiger partial charge is 0.273 e. The molecular formula is C16H20N4O3. The molecular weight excluding hydrogens is 296 g/mol. The molecule has 3 rings (SSSR count). The highest BCUT2D eigenvalue weighted by atomic mass is 16.6. The highest BCUT2D eigenvalue weighted by Crippen LogP contribution is 2.20. The maximum absolute atomic E-state index is 11.1. The fraction of sp³-hybridized carbons (Fsp3) is 0.438. The summed E-state index contributed by atoms with van der Waals surface area (Å²) in [6.45, 7) is 6.91. The second-order valence-electron chi connectivity index (χ2n) is 5.87. The summed E-state index contributed by atoms with van der Waals surface area (Å²) in [6.07, 6.45) is 0. The first-order valence-corrected chi connectivity index (χ1v) is 7.71. The van der Waals surface area contributed by atoms with E-state index in [1.54, 1.807) is 12.1 Å². The van der Waals surface area contributed by atoms with Crippen LogP contribution in [0.5, 0.6) is 0 Å². The van der Waals surface area contributed by atoms with Crippen molar-refractivity contribution in [2.24, 2.45) is 0 Å². The first-order valence-electron chi connectivity index (χ1n) is 7.71. The molecule has 1 saturated heterocycles. The van der Waals surface area contributed by atoms with Gasteiger partial charge in [-0.15, -0.1) is 0 Å². The van der Waals surface area contributed by atoms with Crippen LogP contribution >= 0.6 is 0 Å². The van der Waals surface area contributed by atoms with Gasteiger partial charge in [0, 0.05) is 50.4 Å². The maximum Gasteiger partial charge on any atom is 0.273 e. The predicted molar refractivity (Wildman–Crippen MR) is 84.9 cm³/mol. The average molecular weight is 316 g/mol. The van der Waals surface area contributed by atoms with Gasteiger partial charge in [0.25, 0.3) is 5.69 Å². The van der Waals surface area contributed by atoms with Crippen LogP contribution in [0.1, 0.15) is 17.0 Å². The average Bonchev–Trinajstić information content (AvgIpc) is 2.95. The number of hydrogen-bond acceptors (Lipinski definition) is 6. The van der Waals surface area contributed by atoms with Gasteiger partial charge in [-0.1, -0.05) is 23.4 Å². The van der Waals surface area contributed by atoms with Crippen LogP contribution in [-0.2, 0) is 13.1 Å². The van der Waals surface area contributed by atoms with E-state index in [2.05, 4.69) is 15.0 Å². The highest BCUT2D eigenvalue weighted by Gasteiger charge is 2.21. The third-order valence-electron chi connectivity index (χ3n) is 4.10. The van der Waals surface area contributed by atoms with E-state index in [0.29, 0.717) is 6.54 Å². The third kappa shape index (κ3) is 3.94. The fourth-order valence-electron chi connectivity index (χ4n) is 2.88. The van der Waals surface area contributed by atoms with Crippen molar-refractivity contribution in [3.05, 3.63) is 57.5 Å². The van der Waals surface area contributed by atoms with Crippen LogP contribution < -0.4 is 0 Å². The Kier molecular flexibility index (Phi) is 4.68. The van der Waals surface area contributed by atoms with Gasteiger partial charge in [0.2, 0.25) is 0 Å². The number of benzene rings is 1. The molecule has 2 heterocycles. The van der Waals surface area contributed by atoms with Gasteiger partial charge in [-0.3, -0.25) is 19.9 Å². The van der Waals surface area contributed by atoms with Gasteiger partial charge in [-0.2, -0.15) is 0 Å². The van der Waals surface area contributed by atoms with Crippen molar-refractivity contribution >= 4 is 5.69 Å². The number of nitro groups is 1. The van der Waals surface area contributed by atoms with Gasteiger partial charge in [0.05, 0.1) is 17.2 Å². The number of rotatable bonds is 5. The lowest BCUT2D eigenvalue weighted by Gasteiger charge is -2.34. The van der Waals surface area contributed by atoms with Gasteiger partial charge >= 0.3 is 0 Å². The second kappa shape index (κ2) is 6.89. The second-order valence-corrected chi connectivity index (χ2v) is 5.87. The Morgan fingerprint density at radius 3 is 2.43 bits per heavy atom. The molecule has 23 heavy (non-hydrogen) atoms. The molecule has 1 aliphatic heterocycles. The van der Waals surface area contributed by atoms with E-state index in [4.69, 9.17) is 4.52 Å². The topological polar surface area (TPSA) is 75.7 Å². The molecule has 0 radical (unpaired) electrons. The lowest BCUT2D eigenvalue weighted by molar-refractivity contribution is -0.385. The minimum Gasteiger partial charge on any atom is -0.360 e. The molecule has 0 saturated carbocycles. The quantitative estimate of drug-likeness (QED) is 0.622. The molecule has 1 fully saturated rings. The highest BCUT2D eigenvalue weighted by molar-refractivity contribution is 5.39. The van der Waals surface area contributed by atoms with Crippen molar-refractivity contribution in [2.75, 3.05) is 26.2 Å². The van der Waals surface area contributed by atoms with Crippen molar-refractivity contribution in [2.45, 2.75) is 20.0 Å². The van der Waals surface area contributed by atoms with Crippen LogP contribution in [0.25, 0.3) is 0 Å².